The molecule has 0 saturated carbocycles. The molecule has 0 aliphatic carbocycles. The predicted octanol–water partition coefficient (Wildman–Crippen LogP) is 3.09. The second kappa shape index (κ2) is 5.84. The molecular formula is C14H14BrN3O. The van der Waals surface area contributed by atoms with Gasteiger partial charge in [-0.1, -0.05) is 0 Å². The van der Waals surface area contributed by atoms with E-state index in [1.165, 1.54) is 0 Å². The van der Waals surface area contributed by atoms with Crippen molar-refractivity contribution in [1.82, 2.24) is 4.98 Å². The zero-order valence-electron chi connectivity index (χ0n) is 10.5. The number of nitrogens with zero attached hydrogens (tertiary/aromatic N) is 2. The van der Waals surface area contributed by atoms with Crippen molar-refractivity contribution >= 4 is 33.2 Å². The lowest BCUT2D eigenvalue weighted by atomic mass is 10.2. The van der Waals surface area contributed by atoms with Gasteiger partial charge < -0.3 is 10.6 Å². The Kier molecular flexibility index (Phi) is 4.16. The lowest BCUT2D eigenvalue weighted by Gasteiger charge is -2.21. The Hall–Kier alpha value is -1.88. The smallest absolute Gasteiger partial charge is 0.278 e. The largest absolute Gasteiger partial charge is 0.399 e. The number of aromatic nitrogens is 1. The highest BCUT2D eigenvalue weighted by molar-refractivity contribution is 9.10. The highest BCUT2D eigenvalue weighted by atomic mass is 79.9. The summed E-state index contributed by atoms with van der Waals surface area (Å²) >= 11 is 3.35. The van der Waals surface area contributed by atoms with Crippen molar-refractivity contribution in [3.63, 3.8) is 0 Å². The van der Waals surface area contributed by atoms with Gasteiger partial charge in [-0.2, -0.15) is 0 Å². The van der Waals surface area contributed by atoms with E-state index >= 15 is 0 Å². The molecule has 1 amide bonds. The van der Waals surface area contributed by atoms with Gasteiger partial charge in [0.15, 0.2) is 0 Å². The number of amides is 1. The number of carbonyl (C=O) groups is 1. The van der Waals surface area contributed by atoms with Crippen LogP contribution in [0.5, 0.6) is 0 Å². The number of pyridine rings is 1. The maximum atomic E-state index is 12.5. The summed E-state index contributed by atoms with van der Waals surface area (Å²) in [5, 5.41) is 0. The van der Waals surface area contributed by atoms with Gasteiger partial charge in [-0.05, 0) is 59.3 Å². The number of halogens is 1. The van der Waals surface area contributed by atoms with Crippen LogP contribution in [0.25, 0.3) is 0 Å². The third kappa shape index (κ3) is 2.93. The molecule has 0 aliphatic heterocycles. The molecule has 2 rings (SSSR count). The van der Waals surface area contributed by atoms with E-state index in [-0.39, 0.29) is 5.91 Å². The van der Waals surface area contributed by atoms with Crippen molar-refractivity contribution < 1.29 is 4.79 Å². The summed E-state index contributed by atoms with van der Waals surface area (Å²) in [6, 6.07) is 10.8. The molecule has 1 heterocycles. The maximum Gasteiger partial charge on any atom is 0.278 e. The van der Waals surface area contributed by atoms with Crippen molar-refractivity contribution in [2.45, 2.75) is 6.92 Å². The Morgan fingerprint density at radius 2 is 2.00 bits per heavy atom. The molecule has 0 radical (unpaired) electrons. The molecule has 2 N–H and O–H groups in total. The van der Waals surface area contributed by atoms with E-state index in [0.29, 0.717) is 22.4 Å². The molecular weight excluding hydrogens is 306 g/mol. The van der Waals surface area contributed by atoms with Crippen molar-refractivity contribution in [2.24, 2.45) is 0 Å². The van der Waals surface area contributed by atoms with Crippen LogP contribution < -0.4 is 10.6 Å². The molecule has 19 heavy (non-hydrogen) atoms. The summed E-state index contributed by atoms with van der Waals surface area (Å²) < 4.78 is 0.689. The van der Waals surface area contributed by atoms with E-state index in [4.69, 9.17) is 5.73 Å². The van der Waals surface area contributed by atoms with Crippen LogP contribution in [-0.4, -0.2) is 17.4 Å². The van der Waals surface area contributed by atoms with E-state index in [0.717, 1.165) is 5.69 Å². The monoisotopic (exact) mass is 319 g/mol. The van der Waals surface area contributed by atoms with Crippen molar-refractivity contribution in [1.29, 1.82) is 0 Å². The Morgan fingerprint density at radius 1 is 1.32 bits per heavy atom. The second-order valence-electron chi connectivity index (χ2n) is 3.97. The van der Waals surface area contributed by atoms with Gasteiger partial charge in [-0.3, -0.25) is 4.79 Å². The van der Waals surface area contributed by atoms with E-state index in [1.54, 1.807) is 35.4 Å². The predicted molar refractivity (Wildman–Crippen MR) is 80.1 cm³/mol. The molecule has 1 aromatic heterocycles. The summed E-state index contributed by atoms with van der Waals surface area (Å²) in [5.74, 6) is -0.139. The third-order valence-corrected chi connectivity index (χ3v) is 3.37. The quantitative estimate of drug-likeness (QED) is 0.884. The molecule has 0 fully saturated rings. The first-order valence-corrected chi connectivity index (χ1v) is 6.70. The van der Waals surface area contributed by atoms with Gasteiger partial charge in [0.25, 0.3) is 5.91 Å². The van der Waals surface area contributed by atoms with Gasteiger partial charge >= 0.3 is 0 Å². The first-order valence-electron chi connectivity index (χ1n) is 5.91. The summed E-state index contributed by atoms with van der Waals surface area (Å²) in [7, 11) is 0. The molecule has 0 atom stereocenters. The topological polar surface area (TPSA) is 59.2 Å². The lowest BCUT2D eigenvalue weighted by molar-refractivity contribution is 0.0983. The molecule has 0 unspecified atom stereocenters. The van der Waals surface area contributed by atoms with E-state index in [1.807, 2.05) is 19.1 Å². The number of anilines is 2. The van der Waals surface area contributed by atoms with Crippen molar-refractivity contribution in [2.75, 3.05) is 17.2 Å². The first kappa shape index (κ1) is 13.5. The van der Waals surface area contributed by atoms with Gasteiger partial charge in [0, 0.05) is 28.6 Å². The van der Waals surface area contributed by atoms with Crippen LogP contribution >= 0.6 is 15.9 Å². The summed E-state index contributed by atoms with van der Waals surface area (Å²) in [5.41, 5.74) is 7.54. The number of hydrogen-bond donors (Lipinski definition) is 1. The number of hydrogen-bond acceptors (Lipinski definition) is 3. The fraction of sp³-hybridized carbons (Fsp3) is 0.143. The average molecular weight is 320 g/mol. The molecule has 0 aliphatic rings. The molecule has 5 heteroatoms. The number of nitrogen functional groups attached to an aromatic ring is 1. The van der Waals surface area contributed by atoms with Gasteiger partial charge in [-0.15, -0.1) is 0 Å². The van der Waals surface area contributed by atoms with Crippen LogP contribution in [0.2, 0.25) is 0 Å². The average Bonchev–Trinajstić information content (AvgIpc) is 2.42. The summed E-state index contributed by atoms with van der Waals surface area (Å²) in [6.07, 6.45) is 1.61. The standard InChI is InChI=1S/C14H14BrN3O/c1-2-18(11-7-5-10(16)6-8-11)14(19)13-12(15)4-3-9-17-13/h3-9H,2,16H2,1H3. The molecule has 0 bridgehead atoms. The third-order valence-electron chi connectivity index (χ3n) is 2.73. The van der Waals surface area contributed by atoms with Gasteiger partial charge in [0.05, 0.1) is 0 Å². The minimum Gasteiger partial charge on any atom is -0.399 e. The van der Waals surface area contributed by atoms with Crippen LogP contribution in [0.4, 0.5) is 11.4 Å². The Bertz CT molecular complexity index is 583. The Morgan fingerprint density at radius 3 is 2.58 bits per heavy atom. The maximum absolute atomic E-state index is 12.5. The first-order chi connectivity index (χ1) is 9.13. The summed E-state index contributed by atoms with van der Waals surface area (Å²) in [6.45, 7) is 2.48. The van der Waals surface area contributed by atoms with Gasteiger partial charge in [-0.25, -0.2) is 4.98 Å². The lowest BCUT2D eigenvalue weighted by Crippen LogP contribution is -2.31. The minimum absolute atomic E-state index is 0.139. The second-order valence-corrected chi connectivity index (χ2v) is 4.83. The van der Waals surface area contributed by atoms with E-state index < -0.39 is 0 Å². The van der Waals surface area contributed by atoms with Gasteiger partial charge in [0.1, 0.15) is 5.69 Å². The Labute approximate surface area is 120 Å². The van der Waals surface area contributed by atoms with Crippen molar-refractivity contribution in [3.8, 4) is 0 Å². The SMILES string of the molecule is CCN(C(=O)c1ncccc1Br)c1ccc(N)cc1. The number of benzene rings is 1. The minimum atomic E-state index is -0.139. The fourth-order valence-corrected chi connectivity index (χ4v) is 2.19. The molecule has 2 aromatic rings. The fourth-order valence-electron chi connectivity index (χ4n) is 1.77. The number of carbonyl (C=O) groups excluding carboxylic acids is 1. The van der Waals surface area contributed by atoms with Crippen LogP contribution in [0, 0.1) is 0 Å². The molecule has 0 spiro atoms. The summed E-state index contributed by atoms with van der Waals surface area (Å²) in [4.78, 5) is 18.3. The number of rotatable bonds is 3. The molecule has 1 aromatic carbocycles. The highest BCUT2D eigenvalue weighted by Gasteiger charge is 2.19. The van der Waals surface area contributed by atoms with Crippen LogP contribution in [0.3, 0.4) is 0 Å². The normalized spacial score (nSPS) is 10.2. The zero-order chi connectivity index (χ0) is 13.8. The molecule has 98 valence electrons. The zero-order valence-corrected chi connectivity index (χ0v) is 12.1. The van der Waals surface area contributed by atoms with Crippen LogP contribution in [-0.2, 0) is 0 Å². The number of nitrogens with two attached hydrogens (primary N) is 1. The van der Waals surface area contributed by atoms with Crippen LogP contribution in [0.1, 0.15) is 17.4 Å². The van der Waals surface area contributed by atoms with Gasteiger partial charge in [0.2, 0.25) is 0 Å². The van der Waals surface area contributed by atoms with Crippen molar-refractivity contribution in [3.05, 3.63) is 52.8 Å². The van der Waals surface area contributed by atoms with E-state index in [2.05, 4.69) is 20.9 Å². The van der Waals surface area contributed by atoms with E-state index in [9.17, 15) is 4.79 Å². The Balaban J connectivity index is 2.35. The van der Waals surface area contributed by atoms with Crippen LogP contribution in [0.15, 0.2) is 47.1 Å². The molecule has 4 nitrogen and oxygen atoms in total. The highest BCUT2D eigenvalue weighted by Crippen LogP contribution is 2.21. The molecule has 0 saturated heterocycles.